The smallest absolute Gasteiger partial charge is 0.254 e. The van der Waals surface area contributed by atoms with Crippen molar-refractivity contribution >= 4 is 5.91 Å². The van der Waals surface area contributed by atoms with E-state index in [0.29, 0.717) is 16.9 Å². The molecule has 0 heterocycles. The van der Waals surface area contributed by atoms with Gasteiger partial charge in [0.2, 0.25) is 0 Å². The van der Waals surface area contributed by atoms with Crippen molar-refractivity contribution in [2.45, 2.75) is 13.5 Å². The van der Waals surface area contributed by atoms with Crippen LogP contribution in [0.3, 0.4) is 0 Å². The molecule has 0 unspecified atom stereocenters. The van der Waals surface area contributed by atoms with Gasteiger partial charge in [0.15, 0.2) is 0 Å². The van der Waals surface area contributed by atoms with Crippen LogP contribution in [-0.2, 0) is 6.54 Å². The zero-order chi connectivity index (χ0) is 16.8. The third-order valence-corrected chi connectivity index (χ3v) is 3.64. The van der Waals surface area contributed by atoms with E-state index in [0.717, 1.165) is 5.56 Å². The lowest BCUT2D eigenvalue weighted by atomic mass is 10.1. The summed E-state index contributed by atoms with van der Waals surface area (Å²) in [5.74, 6) is -0.110. The van der Waals surface area contributed by atoms with Crippen LogP contribution in [0, 0.1) is 12.7 Å². The van der Waals surface area contributed by atoms with Crippen molar-refractivity contribution in [3.05, 3.63) is 65.0 Å². The number of rotatable bonds is 6. The van der Waals surface area contributed by atoms with Crippen LogP contribution in [0.15, 0.2) is 42.5 Å². The Morgan fingerprint density at radius 2 is 2.00 bits per heavy atom. The van der Waals surface area contributed by atoms with Gasteiger partial charge in [-0.3, -0.25) is 4.79 Å². The van der Waals surface area contributed by atoms with E-state index >= 15 is 0 Å². The molecule has 0 aromatic heterocycles. The maximum absolute atomic E-state index is 13.5. The maximum Gasteiger partial charge on any atom is 0.254 e. The average Bonchev–Trinajstić information content (AvgIpc) is 2.56. The molecule has 0 bridgehead atoms. The summed E-state index contributed by atoms with van der Waals surface area (Å²) in [6, 6.07) is 11.5. The number of aliphatic hydroxyl groups excluding tert-OH is 1. The summed E-state index contributed by atoms with van der Waals surface area (Å²) in [5.41, 5.74) is 1.82. The molecule has 2 aromatic rings. The normalized spacial score (nSPS) is 10.4. The molecule has 0 aliphatic rings. The molecule has 2 aromatic carbocycles. The Bertz CT molecular complexity index is 688. The van der Waals surface area contributed by atoms with Crippen LogP contribution in [0.1, 0.15) is 21.5 Å². The van der Waals surface area contributed by atoms with E-state index in [-0.39, 0.29) is 25.6 Å². The van der Waals surface area contributed by atoms with E-state index in [4.69, 9.17) is 4.74 Å². The van der Waals surface area contributed by atoms with Crippen molar-refractivity contribution in [2.75, 3.05) is 20.3 Å². The summed E-state index contributed by atoms with van der Waals surface area (Å²) in [7, 11) is 1.56. The molecule has 122 valence electrons. The average molecular weight is 317 g/mol. The summed E-state index contributed by atoms with van der Waals surface area (Å²) >= 11 is 0. The lowest BCUT2D eigenvalue weighted by Gasteiger charge is -2.23. The number of carbonyl (C=O) groups excluding carboxylic acids is 1. The predicted molar refractivity (Wildman–Crippen MR) is 86.0 cm³/mol. The first-order valence-corrected chi connectivity index (χ1v) is 7.35. The number of hydrogen-bond donors (Lipinski definition) is 1. The maximum atomic E-state index is 13.5. The Morgan fingerprint density at radius 3 is 2.70 bits per heavy atom. The molecule has 2 rings (SSSR count). The first-order valence-electron chi connectivity index (χ1n) is 7.35. The number of para-hydroxylation sites is 1. The number of halogens is 1. The lowest BCUT2D eigenvalue weighted by Crippen LogP contribution is -2.33. The molecular formula is C18H20FNO3. The van der Waals surface area contributed by atoms with Crippen molar-refractivity contribution in [3.63, 3.8) is 0 Å². The molecule has 0 saturated heterocycles. The van der Waals surface area contributed by atoms with E-state index in [1.165, 1.54) is 17.0 Å². The zero-order valence-corrected chi connectivity index (χ0v) is 13.3. The highest BCUT2D eigenvalue weighted by Gasteiger charge is 2.19. The number of methoxy groups -OCH3 is 1. The Labute approximate surface area is 135 Å². The second-order valence-electron chi connectivity index (χ2n) is 5.22. The summed E-state index contributed by atoms with van der Waals surface area (Å²) in [6.45, 7) is 2.02. The molecule has 0 spiro atoms. The minimum Gasteiger partial charge on any atom is -0.496 e. The molecule has 23 heavy (non-hydrogen) atoms. The highest BCUT2D eigenvalue weighted by atomic mass is 19.1. The van der Waals surface area contributed by atoms with Crippen LogP contribution in [0.2, 0.25) is 0 Å². The molecule has 4 nitrogen and oxygen atoms in total. The second kappa shape index (κ2) is 7.74. The number of ether oxygens (including phenoxy) is 1. The molecule has 0 aliphatic heterocycles. The number of carbonyl (C=O) groups is 1. The lowest BCUT2D eigenvalue weighted by molar-refractivity contribution is 0.0705. The summed E-state index contributed by atoms with van der Waals surface area (Å²) in [4.78, 5) is 14.2. The van der Waals surface area contributed by atoms with Crippen molar-refractivity contribution in [1.82, 2.24) is 4.90 Å². The van der Waals surface area contributed by atoms with Gasteiger partial charge in [0, 0.05) is 24.2 Å². The van der Waals surface area contributed by atoms with E-state index in [9.17, 15) is 14.3 Å². The third-order valence-electron chi connectivity index (χ3n) is 3.64. The number of aliphatic hydroxyl groups is 1. The van der Waals surface area contributed by atoms with Crippen LogP contribution in [0.25, 0.3) is 0 Å². The number of aryl methyl sites for hydroxylation is 1. The van der Waals surface area contributed by atoms with Crippen LogP contribution in [0.4, 0.5) is 4.39 Å². The molecular weight excluding hydrogens is 297 g/mol. The van der Waals surface area contributed by atoms with Gasteiger partial charge in [-0.15, -0.1) is 0 Å². The zero-order valence-electron chi connectivity index (χ0n) is 13.3. The molecule has 0 radical (unpaired) electrons. The topological polar surface area (TPSA) is 49.8 Å². The molecule has 0 atom stereocenters. The number of nitrogens with zero attached hydrogens (tertiary/aromatic N) is 1. The Morgan fingerprint density at radius 1 is 1.26 bits per heavy atom. The molecule has 0 aliphatic carbocycles. The highest BCUT2D eigenvalue weighted by Crippen LogP contribution is 2.21. The first-order chi connectivity index (χ1) is 11.1. The Hall–Kier alpha value is -2.40. The van der Waals surface area contributed by atoms with E-state index in [2.05, 4.69) is 0 Å². The van der Waals surface area contributed by atoms with Gasteiger partial charge >= 0.3 is 0 Å². The highest BCUT2D eigenvalue weighted by molar-refractivity contribution is 5.95. The monoisotopic (exact) mass is 317 g/mol. The SMILES string of the molecule is COc1ccccc1CN(CCO)C(=O)c1cc(F)ccc1C. The predicted octanol–water partition coefficient (Wildman–Crippen LogP) is 2.78. The van der Waals surface area contributed by atoms with E-state index < -0.39 is 5.82 Å². The first kappa shape index (κ1) is 17.0. The van der Waals surface area contributed by atoms with E-state index in [1.54, 1.807) is 20.1 Å². The van der Waals surface area contributed by atoms with Gasteiger partial charge in [0.25, 0.3) is 5.91 Å². The van der Waals surface area contributed by atoms with Gasteiger partial charge < -0.3 is 14.7 Å². The summed E-state index contributed by atoms with van der Waals surface area (Å²) < 4.78 is 18.8. The van der Waals surface area contributed by atoms with Gasteiger partial charge in [0.1, 0.15) is 11.6 Å². The largest absolute Gasteiger partial charge is 0.496 e. The standard InChI is InChI=1S/C18H20FNO3/c1-13-7-8-15(19)11-16(13)18(22)20(9-10-21)12-14-5-3-4-6-17(14)23-2/h3-8,11,21H,9-10,12H2,1-2H3. The second-order valence-corrected chi connectivity index (χ2v) is 5.22. The molecule has 5 heteroatoms. The minimum absolute atomic E-state index is 0.160. The van der Waals surface area contributed by atoms with Crippen LogP contribution < -0.4 is 4.74 Å². The van der Waals surface area contributed by atoms with Gasteiger partial charge in [0.05, 0.1) is 13.7 Å². The van der Waals surface area contributed by atoms with Crippen molar-refractivity contribution in [3.8, 4) is 5.75 Å². The summed E-state index contributed by atoms with van der Waals surface area (Å²) in [5, 5.41) is 9.26. The Kier molecular flexibility index (Phi) is 5.71. The number of hydrogen-bond acceptors (Lipinski definition) is 3. The van der Waals surface area contributed by atoms with Gasteiger partial charge in [-0.1, -0.05) is 24.3 Å². The Balaban J connectivity index is 2.30. The molecule has 0 saturated carbocycles. The molecule has 0 fully saturated rings. The third kappa shape index (κ3) is 4.07. The van der Waals surface area contributed by atoms with Gasteiger partial charge in [-0.25, -0.2) is 4.39 Å². The fraction of sp³-hybridized carbons (Fsp3) is 0.278. The van der Waals surface area contributed by atoms with Crippen molar-refractivity contribution < 1.29 is 19.0 Å². The number of benzene rings is 2. The van der Waals surface area contributed by atoms with Gasteiger partial charge in [-0.2, -0.15) is 0 Å². The van der Waals surface area contributed by atoms with Crippen molar-refractivity contribution in [2.24, 2.45) is 0 Å². The fourth-order valence-corrected chi connectivity index (χ4v) is 2.41. The minimum atomic E-state index is -0.458. The quantitative estimate of drug-likeness (QED) is 0.891. The van der Waals surface area contributed by atoms with Crippen LogP contribution in [-0.4, -0.2) is 36.2 Å². The molecule has 1 N–H and O–H groups in total. The van der Waals surface area contributed by atoms with Crippen LogP contribution >= 0.6 is 0 Å². The van der Waals surface area contributed by atoms with Crippen molar-refractivity contribution in [1.29, 1.82) is 0 Å². The number of amides is 1. The van der Waals surface area contributed by atoms with Crippen LogP contribution in [0.5, 0.6) is 5.75 Å². The summed E-state index contributed by atoms with van der Waals surface area (Å²) in [6.07, 6.45) is 0. The molecule has 1 amide bonds. The van der Waals surface area contributed by atoms with Gasteiger partial charge in [-0.05, 0) is 30.7 Å². The fourth-order valence-electron chi connectivity index (χ4n) is 2.41. The van der Waals surface area contributed by atoms with E-state index in [1.807, 2.05) is 24.3 Å².